The molecule has 0 radical (unpaired) electrons. The molecule has 0 atom stereocenters. The first kappa shape index (κ1) is 20.9. The largest absolute Gasteiger partial charge is 0.276 e. The van der Waals surface area contributed by atoms with Crippen LogP contribution in [0.4, 0.5) is 0 Å². The van der Waals surface area contributed by atoms with Gasteiger partial charge in [-0.25, -0.2) is 0 Å². The molecule has 0 amide bonds. The van der Waals surface area contributed by atoms with Crippen molar-refractivity contribution in [1.29, 1.82) is 0 Å². The maximum Gasteiger partial charge on any atom is 0.0705 e. The van der Waals surface area contributed by atoms with Crippen LogP contribution in [-0.2, 0) is 12.3 Å². The van der Waals surface area contributed by atoms with Gasteiger partial charge in [-0.15, -0.1) is 0 Å². The number of rotatable bonds is 7. The molecule has 2 aromatic carbocycles. The van der Waals surface area contributed by atoms with Gasteiger partial charge >= 0.3 is 0 Å². The quantitative estimate of drug-likeness (QED) is 0.304. The SMILES string of the molecule is CC(C)N(C(C)C)P(Cc1ccc2ccccc2n1)Cc1ccc2ccccc2n1. The molecular weight excluding hydrogens is 385 g/mol. The second kappa shape index (κ2) is 9.20. The van der Waals surface area contributed by atoms with Crippen molar-refractivity contribution < 1.29 is 0 Å². The molecule has 154 valence electrons. The normalized spacial score (nSPS) is 12.1. The van der Waals surface area contributed by atoms with Crippen LogP contribution in [-0.4, -0.2) is 26.7 Å². The molecule has 30 heavy (non-hydrogen) atoms. The predicted octanol–water partition coefficient (Wildman–Crippen LogP) is 7.00. The average Bonchev–Trinajstić information content (AvgIpc) is 2.73. The van der Waals surface area contributed by atoms with Crippen molar-refractivity contribution in [2.45, 2.75) is 52.1 Å². The van der Waals surface area contributed by atoms with Gasteiger partial charge in [0.15, 0.2) is 0 Å². The third-order valence-corrected chi connectivity index (χ3v) is 8.34. The van der Waals surface area contributed by atoms with E-state index >= 15 is 0 Å². The fourth-order valence-corrected chi connectivity index (χ4v) is 7.08. The van der Waals surface area contributed by atoms with Crippen molar-refractivity contribution in [2.75, 3.05) is 0 Å². The van der Waals surface area contributed by atoms with Gasteiger partial charge in [-0.2, -0.15) is 0 Å². The van der Waals surface area contributed by atoms with Gasteiger partial charge in [-0.05, 0) is 60.0 Å². The van der Waals surface area contributed by atoms with E-state index in [0.717, 1.165) is 23.4 Å². The molecule has 4 aromatic rings. The molecule has 0 N–H and O–H groups in total. The maximum absolute atomic E-state index is 4.98. The third-order valence-electron chi connectivity index (χ3n) is 5.39. The number of hydrogen-bond acceptors (Lipinski definition) is 3. The summed E-state index contributed by atoms with van der Waals surface area (Å²) in [5.74, 6) is 0. The molecule has 2 aromatic heterocycles. The van der Waals surface area contributed by atoms with Crippen molar-refractivity contribution >= 4 is 29.9 Å². The standard InChI is InChI=1S/C26H30N3P/c1-19(2)29(20(3)4)30(17-23-15-13-21-9-5-7-11-25(21)27-23)18-24-16-14-22-10-6-8-12-26(22)28-24/h5-16,19-20H,17-18H2,1-4H3. The zero-order valence-corrected chi connectivity index (χ0v) is 19.2. The number of pyridine rings is 2. The fraction of sp³-hybridized carbons (Fsp3) is 0.308. The predicted molar refractivity (Wildman–Crippen MR) is 130 cm³/mol. The Bertz CT molecular complexity index is 1050. The van der Waals surface area contributed by atoms with Gasteiger partial charge < -0.3 is 0 Å². The van der Waals surface area contributed by atoms with Gasteiger partial charge in [0.2, 0.25) is 0 Å². The van der Waals surface area contributed by atoms with Gasteiger partial charge in [0, 0.05) is 46.6 Å². The Kier molecular flexibility index (Phi) is 6.41. The van der Waals surface area contributed by atoms with E-state index < -0.39 is 8.07 Å². The van der Waals surface area contributed by atoms with E-state index in [1.165, 1.54) is 22.2 Å². The molecule has 0 aliphatic heterocycles. The Morgan fingerprint density at radius 3 is 1.50 bits per heavy atom. The highest BCUT2D eigenvalue weighted by atomic mass is 31.1. The molecule has 0 saturated carbocycles. The average molecular weight is 416 g/mol. The lowest BCUT2D eigenvalue weighted by Crippen LogP contribution is -2.33. The van der Waals surface area contributed by atoms with E-state index in [2.05, 4.69) is 105 Å². The molecule has 0 fully saturated rings. The first-order valence-electron chi connectivity index (χ1n) is 10.7. The van der Waals surface area contributed by atoms with E-state index in [-0.39, 0.29) is 0 Å². The minimum Gasteiger partial charge on any atom is -0.276 e. The van der Waals surface area contributed by atoms with Gasteiger partial charge in [0.25, 0.3) is 0 Å². The number of aromatic nitrogens is 2. The van der Waals surface area contributed by atoms with Gasteiger partial charge in [-0.3, -0.25) is 14.6 Å². The molecule has 0 aliphatic rings. The Labute approximate surface area is 181 Å². The van der Waals surface area contributed by atoms with E-state index in [0.29, 0.717) is 12.1 Å². The summed E-state index contributed by atoms with van der Waals surface area (Å²) in [6, 6.07) is 26.5. The number of para-hydroxylation sites is 2. The summed E-state index contributed by atoms with van der Waals surface area (Å²) < 4.78 is 2.67. The molecule has 0 aliphatic carbocycles. The highest BCUT2D eigenvalue weighted by Crippen LogP contribution is 2.49. The first-order chi connectivity index (χ1) is 14.5. The second-order valence-corrected chi connectivity index (χ2v) is 10.5. The molecule has 0 saturated heterocycles. The molecule has 0 spiro atoms. The molecule has 2 heterocycles. The van der Waals surface area contributed by atoms with E-state index in [1.807, 2.05) is 0 Å². The van der Waals surface area contributed by atoms with Crippen molar-refractivity contribution in [3.8, 4) is 0 Å². The lowest BCUT2D eigenvalue weighted by atomic mass is 10.2. The zero-order chi connectivity index (χ0) is 21.1. The van der Waals surface area contributed by atoms with Crippen LogP contribution in [0.15, 0.2) is 72.8 Å². The van der Waals surface area contributed by atoms with E-state index in [1.54, 1.807) is 0 Å². The van der Waals surface area contributed by atoms with Crippen LogP contribution in [0.25, 0.3) is 21.8 Å². The summed E-state index contributed by atoms with van der Waals surface area (Å²) in [5.41, 5.74) is 4.50. The van der Waals surface area contributed by atoms with Gasteiger partial charge in [0.1, 0.15) is 0 Å². The third kappa shape index (κ3) is 4.69. The van der Waals surface area contributed by atoms with Crippen molar-refractivity contribution in [3.63, 3.8) is 0 Å². The summed E-state index contributed by atoms with van der Waals surface area (Å²) in [5, 5.41) is 2.40. The number of benzene rings is 2. The fourth-order valence-electron chi connectivity index (χ4n) is 4.24. The summed E-state index contributed by atoms with van der Waals surface area (Å²) in [6.07, 6.45) is 1.95. The molecule has 4 rings (SSSR count). The van der Waals surface area contributed by atoms with Crippen molar-refractivity contribution in [3.05, 3.63) is 84.2 Å². The Hall–Kier alpha value is -2.35. The molecule has 0 unspecified atom stereocenters. The highest BCUT2D eigenvalue weighted by Gasteiger charge is 2.25. The summed E-state index contributed by atoms with van der Waals surface area (Å²) in [7, 11) is -0.458. The van der Waals surface area contributed by atoms with E-state index in [4.69, 9.17) is 9.97 Å². The minimum absolute atomic E-state index is 0.458. The topological polar surface area (TPSA) is 29.0 Å². The summed E-state index contributed by atoms with van der Waals surface area (Å²) >= 11 is 0. The number of hydrogen-bond donors (Lipinski definition) is 0. The lowest BCUT2D eigenvalue weighted by Gasteiger charge is -2.38. The molecule has 0 bridgehead atoms. The smallest absolute Gasteiger partial charge is 0.0705 e. The Morgan fingerprint density at radius 1 is 0.633 bits per heavy atom. The highest BCUT2D eigenvalue weighted by molar-refractivity contribution is 7.53. The van der Waals surface area contributed by atoms with Crippen molar-refractivity contribution in [1.82, 2.24) is 14.6 Å². The monoisotopic (exact) mass is 415 g/mol. The van der Waals surface area contributed by atoms with Gasteiger partial charge in [-0.1, -0.05) is 48.5 Å². The van der Waals surface area contributed by atoms with Crippen molar-refractivity contribution in [2.24, 2.45) is 0 Å². The second-order valence-electron chi connectivity index (χ2n) is 8.38. The van der Waals surface area contributed by atoms with Crippen LogP contribution in [0.3, 0.4) is 0 Å². The first-order valence-corrected chi connectivity index (χ1v) is 12.4. The molecule has 3 nitrogen and oxygen atoms in total. The lowest BCUT2D eigenvalue weighted by molar-refractivity contribution is 0.321. The van der Waals surface area contributed by atoms with Gasteiger partial charge in [0.05, 0.1) is 11.0 Å². The van der Waals surface area contributed by atoms with Crippen LogP contribution >= 0.6 is 8.07 Å². The molecular formula is C26H30N3P. The van der Waals surface area contributed by atoms with Crippen LogP contribution in [0, 0.1) is 0 Å². The maximum atomic E-state index is 4.98. The summed E-state index contributed by atoms with van der Waals surface area (Å²) in [6.45, 7) is 9.21. The number of fused-ring (bicyclic) bond motifs is 2. The van der Waals surface area contributed by atoms with Crippen LogP contribution in [0.1, 0.15) is 39.1 Å². The van der Waals surface area contributed by atoms with E-state index in [9.17, 15) is 0 Å². The summed E-state index contributed by atoms with van der Waals surface area (Å²) in [4.78, 5) is 9.95. The molecule has 4 heteroatoms. The Morgan fingerprint density at radius 2 is 1.07 bits per heavy atom. The number of nitrogens with zero attached hydrogens (tertiary/aromatic N) is 3. The van der Waals surface area contributed by atoms with Crippen LogP contribution < -0.4 is 0 Å². The zero-order valence-electron chi connectivity index (χ0n) is 18.3. The van der Waals surface area contributed by atoms with Crippen LogP contribution in [0.5, 0.6) is 0 Å². The van der Waals surface area contributed by atoms with Crippen LogP contribution in [0.2, 0.25) is 0 Å². The minimum atomic E-state index is -0.458. The Balaban J connectivity index is 1.67.